The predicted octanol–water partition coefficient (Wildman–Crippen LogP) is 4.45. The van der Waals surface area contributed by atoms with E-state index in [0.29, 0.717) is 0 Å². The molecular formula is C18H26N2S. The molecule has 0 aliphatic rings. The zero-order chi connectivity index (χ0) is 14.9. The van der Waals surface area contributed by atoms with Crippen molar-refractivity contribution in [1.82, 2.24) is 5.32 Å². The molecule has 0 aliphatic carbocycles. The van der Waals surface area contributed by atoms with Gasteiger partial charge in [0, 0.05) is 41.6 Å². The minimum Gasteiger partial charge on any atom is -0.370 e. The molecule has 0 bridgehead atoms. The van der Waals surface area contributed by atoms with Gasteiger partial charge in [-0.1, -0.05) is 31.5 Å². The molecule has 0 atom stereocenters. The number of hydrogen-bond acceptors (Lipinski definition) is 3. The maximum atomic E-state index is 3.56. The summed E-state index contributed by atoms with van der Waals surface area (Å²) >= 11 is 1.88. The Morgan fingerprint density at radius 3 is 2.52 bits per heavy atom. The van der Waals surface area contributed by atoms with E-state index in [2.05, 4.69) is 66.5 Å². The van der Waals surface area contributed by atoms with Crippen LogP contribution in [-0.4, -0.2) is 19.6 Å². The predicted molar refractivity (Wildman–Crippen MR) is 94.3 cm³/mol. The van der Waals surface area contributed by atoms with Gasteiger partial charge in [0.25, 0.3) is 0 Å². The van der Waals surface area contributed by atoms with Crippen LogP contribution in [0, 0.1) is 6.92 Å². The first-order valence-electron chi connectivity index (χ1n) is 7.85. The standard InChI is InChI=1S/C18H26N2S/c1-3-4-13-20(17-8-6-5-7-9-17)14-12-19-15-18-11-10-16(2)21-18/h5-11,19H,3-4,12-15H2,1-2H3. The number of para-hydroxylation sites is 1. The van der Waals surface area contributed by atoms with Crippen molar-refractivity contribution < 1.29 is 0 Å². The Labute approximate surface area is 132 Å². The lowest BCUT2D eigenvalue weighted by atomic mass is 10.2. The van der Waals surface area contributed by atoms with Gasteiger partial charge in [0.2, 0.25) is 0 Å². The van der Waals surface area contributed by atoms with Crippen LogP contribution in [0.25, 0.3) is 0 Å². The Morgan fingerprint density at radius 2 is 1.86 bits per heavy atom. The molecule has 2 rings (SSSR count). The Balaban J connectivity index is 1.79. The van der Waals surface area contributed by atoms with E-state index in [9.17, 15) is 0 Å². The molecule has 0 fully saturated rings. The molecule has 0 unspecified atom stereocenters. The number of anilines is 1. The van der Waals surface area contributed by atoms with E-state index in [1.54, 1.807) is 0 Å². The molecule has 2 aromatic rings. The molecule has 1 aromatic heterocycles. The molecular weight excluding hydrogens is 276 g/mol. The van der Waals surface area contributed by atoms with E-state index in [1.165, 1.54) is 28.3 Å². The topological polar surface area (TPSA) is 15.3 Å². The summed E-state index contributed by atoms with van der Waals surface area (Å²) in [5, 5.41) is 3.56. The summed E-state index contributed by atoms with van der Waals surface area (Å²) in [6.45, 7) is 8.62. The van der Waals surface area contributed by atoms with Crippen LogP contribution in [0.2, 0.25) is 0 Å². The fraction of sp³-hybridized carbons (Fsp3) is 0.444. The van der Waals surface area contributed by atoms with E-state index in [0.717, 1.165) is 26.2 Å². The van der Waals surface area contributed by atoms with E-state index < -0.39 is 0 Å². The van der Waals surface area contributed by atoms with Gasteiger partial charge in [-0.3, -0.25) is 0 Å². The highest BCUT2D eigenvalue weighted by Gasteiger charge is 2.05. The molecule has 0 amide bonds. The molecule has 2 nitrogen and oxygen atoms in total. The lowest BCUT2D eigenvalue weighted by Crippen LogP contribution is -2.32. The smallest absolute Gasteiger partial charge is 0.0366 e. The Bertz CT molecular complexity index is 507. The molecule has 3 heteroatoms. The third kappa shape index (κ3) is 5.52. The molecule has 114 valence electrons. The second kappa shape index (κ2) is 8.85. The first-order valence-corrected chi connectivity index (χ1v) is 8.67. The van der Waals surface area contributed by atoms with Crippen molar-refractivity contribution in [2.24, 2.45) is 0 Å². The van der Waals surface area contributed by atoms with Crippen molar-refractivity contribution in [3.05, 3.63) is 52.2 Å². The van der Waals surface area contributed by atoms with Crippen LogP contribution in [0.1, 0.15) is 29.5 Å². The van der Waals surface area contributed by atoms with Crippen LogP contribution in [0.15, 0.2) is 42.5 Å². The number of thiophene rings is 1. The molecule has 0 aliphatic heterocycles. The van der Waals surface area contributed by atoms with E-state index in [-0.39, 0.29) is 0 Å². The van der Waals surface area contributed by atoms with E-state index in [4.69, 9.17) is 0 Å². The molecule has 1 heterocycles. The van der Waals surface area contributed by atoms with Gasteiger partial charge in [0.05, 0.1) is 0 Å². The van der Waals surface area contributed by atoms with Gasteiger partial charge in [-0.2, -0.15) is 0 Å². The molecule has 1 N–H and O–H groups in total. The molecule has 0 saturated carbocycles. The van der Waals surface area contributed by atoms with Crippen LogP contribution >= 0.6 is 11.3 Å². The van der Waals surface area contributed by atoms with Crippen LogP contribution in [0.3, 0.4) is 0 Å². The second-order valence-corrected chi connectivity index (χ2v) is 6.74. The molecule has 1 aromatic carbocycles. The number of aryl methyl sites for hydroxylation is 1. The van der Waals surface area contributed by atoms with Gasteiger partial charge in [-0.05, 0) is 37.6 Å². The SMILES string of the molecule is CCCCN(CCNCc1ccc(C)s1)c1ccccc1. The number of hydrogen-bond donors (Lipinski definition) is 1. The third-order valence-corrected chi connectivity index (χ3v) is 4.56. The van der Waals surface area contributed by atoms with Crippen LogP contribution in [0.5, 0.6) is 0 Å². The molecule has 0 spiro atoms. The average molecular weight is 302 g/mol. The fourth-order valence-corrected chi connectivity index (χ4v) is 3.22. The number of rotatable bonds is 9. The highest BCUT2D eigenvalue weighted by atomic mass is 32.1. The lowest BCUT2D eigenvalue weighted by Gasteiger charge is -2.25. The highest BCUT2D eigenvalue weighted by molar-refractivity contribution is 7.11. The Kier molecular flexibility index (Phi) is 6.77. The quantitative estimate of drug-likeness (QED) is 0.688. The van der Waals surface area contributed by atoms with E-state index in [1.807, 2.05) is 11.3 Å². The third-order valence-electron chi connectivity index (χ3n) is 3.56. The molecule has 21 heavy (non-hydrogen) atoms. The van der Waals surface area contributed by atoms with Gasteiger partial charge in [-0.15, -0.1) is 11.3 Å². The van der Waals surface area contributed by atoms with Crippen molar-refractivity contribution in [3.8, 4) is 0 Å². The van der Waals surface area contributed by atoms with Crippen molar-refractivity contribution in [2.45, 2.75) is 33.2 Å². The zero-order valence-electron chi connectivity index (χ0n) is 13.1. The van der Waals surface area contributed by atoms with Crippen LogP contribution < -0.4 is 10.2 Å². The maximum Gasteiger partial charge on any atom is 0.0366 e. The van der Waals surface area contributed by atoms with Gasteiger partial charge in [0.15, 0.2) is 0 Å². The summed E-state index contributed by atoms with van der Waals surface area (Å²) in [4.78, 5) is 5.30. The van der Waals surface area contributed by atoms with Crippen molar-refractivity contribution in [1.29, 1.82) is 0 Å². The van der Waals surface area contributed by atoms with Gasteiger partial charge in [-0.25, -0.2) is 0 Å². The monoisotopic (exact) mass is 302 g/mol. The summed E-state index contributed by atoms with van der Waals surface area (Å²) in [5.74, 6) is 0. The summed E-state index contributed by atoms with van der Waals surface area (Å²) in [7, 11) is 0. The number of nitrogens with one attached hydrogen (secondary N) is 1. The minimum absolute atomic E-state index is 0.981. The summed E-state index contributed by atoms with van der Waals surface area (Å²) < 4.78 is 0. The fourth-order valence-electron chi connectivity index (χ4n) is 2.36. The first-order chi connectivity index (χ1) is 10.3. The van der Waals surface area contributed by atoms with Crippen LogP contribution in [0.4, 0.5) is 5.69 Å². The average Bonchev–Trinajstić information content (AvgIpc) is 2.93. The molecule has 0 radical (unpaired) electrons. The maximum absolute atomic E-state index is 3.56. The largest absolute Gasteiger partial charge is 0.370 e. The van der Waals surface area contributed by atoms with Crippen molar-refractivity contribution >= 4 is 17.0 Å². The van der Waals surface area contributed by atoms with Crippen molar-refractivity contribution in [2.75, 3.05) is 24.5 Å². The number of nitrogens with zero attached hydrogens (tertiary/aromatic N) is 1. The number of benzene rings is 1. The van der Waals surface area contributed by atoms with Crippen LogP contribution in [-0.2, 0) is 6.54 Å². The molecule has 0 saturated heterocycles. The lowest BCUT2D eigenvalue weighted by molar-refractivity contribution is 0.646. The minimum atomic E-state index is 0.981. The van der Waals surface area contributed by atoms with Crippen molar-refractivity contribution in [3.63, 3.8) is 0 Å². The number of unbranched alkanes of at least 4 members (excludes halogenated alkanes) is 1. The summed E-state index contributed by atoms with van der Waals surface area (Å²) in [6, 6.07) is 15.2. The first kappa shape index (κ1) is 16.1. The summed E-state index contributed by atoms with van der Waals surface area (Å²) in [6.07, 6.45) is 2.49. The Hall–Kier alpha value is -1.32. The normalized spacial score (nSPS) is 10.8. The van der Waals surface area contributed by atoms with E-state index >= 15 is 0 Å². The van der Waals surface area contributed by atoms with Gasteiger partial charge >= 0.3 is 0 Å². The van der Waals surface area contributed by atoms with Gasteiger partial charge < -0.3 is 10.2 Å². The zero-order valence-corrected chi connectivity index (χ0v) is 14.0. The highest BCUT2D eigenvalue weighted by Crippen LogP contribution is 2.15. The summed E-state index contributed by atoms with van der Waals surface area (Å²) in [5.41, 5.74) is 1.33. The second-order valence-electron chi connectivity index (χ2n) is 5.37. The Morgan fingerprint density at radius 1 is 1.05 bits per heavy atom. The van der Waals surface area contributed by atoms with Gasteiger partial charge in [0.1, 0.15) is 0 Å².